The summed E-state index contributed by atoms with van der Waals surface area (Å²) in [6.07, 6.45) is 0.913. The molecule has 2 heterocycles. The van der Waals surface area contributed by atoms with E-state index in [1.54, 1.807) is 14.2 Å². The smallest absolute Gasteiger partial charge is 0.232 e. The van der Waals surface area contributed by atoms with Crippen LogP contribution in [-0.2, 0) is 24.9 Å². The Morgan fingerprint density at radius 3 is 2.48 bits per heavy atom. The molecule has 1 aromatic heterocycles. The van der Waals surface area contributed by atoms with Gasteiger partial charge in [0.25, 0.3) is 0 Å². The zero-order valence-electron chi connectivity index (χ0n) is 18.2. The number of guanidine groups is 1. The van der Waals surface area contributed by atoms with E-state index in [-0.39, 0.29) is 5.41 Å². The van der Waals surface area contributed by atoms with Crippen molar-refractivity contribution in [3.8, 4) is 11.5 Å². The minimum absolute atomic E-state index is 0.170. The van der Waals surface area contributed by atoms with E-state index in [4.69, 9.17) is 19.0 Å². The van der Waals surface area contributed by atoms with Gasteiger partial charge >= 0.3 is 0 Å². The van der Waals surface area contributed by atoms with Crippen molar-refractivity contribution in [2.45, 2.75) is 52.6 Å². The molecule has 0 spiro atoms. The van der Waals surface area contributed by atoms with E-state index in [0.717, 1.165) is 43.5 Å². The number of hydrogen-bond acceptors (Lipinski definition) is 6. The predicted molar refractivity (Wildman–Crippen MR) is 111 cm³/mol. The van der Waals surface area contributed by atoms with E-state index in [2.05, 4.69) is 39.4 Å². The Hall–Kier alpha value is -2.77. The van der Waals surface area contributed by atoms with Gasteiger partial charge in [-0.05, 0) is 36.6 Å². The van der Waals surface area contributed by atoms with Crippen molar-refractivity contribution < 1.29 is 14.0 Å². The van der Waals surface area contributed by atoms with Crippen LogP contribution in [0.15, 0.2) is 21.6 Å². The molecule has 1 aromatic carbocycles. The van der Waals surface area contributed by atoms with Crippen molar-refractivity contribution in [3.63, 3.8) is 0 Å². The molecule has 0 amide bonds. The molecule has 0 bridgehead atoms. The van der Waals surface area contributed by atoms with Gasteiger partial charge in [-0.25, -0.2) is 4.99 Å². The third kappa shape index (κ3) is 4.81. The average Bonchev–Trinajstić information content (AvgIpc) is 3.19. The number of nitrogens with zero attached hydrogens (tertiary/aromatic N) is 4. The van der Waals surface area contributed by atoms with Gasteiger partial charge in [0.1, 0.15) is 6.54 Å². The first-order valence-electron chi connectivity index (χ1n) is 9.95. The van der Waals surface area contributed by atoms with Gasteiger partial charge in [0.2, 0.25) is 5.89 Å². The molecule has 1 aliphatic heterocycles. The molecule has 0 atom stereocenters. The third-order valence-corrected chi connectivity index (χ3v) is 4.83. The number of ether oxygens (including phenoxy) is 2. The summed E-state index contributed by atoms with van der Waals surface area (Å²) in [4.78, 5) is 11.5. The summed E-state index contributed by atoms with van der Waals surface area (Å²) in [6, 6.07) is 4.13. The molecule has 3 rings (SSSR count). The van der Waals surface area contributed by atoms with Crippen LogP contribution in [0, 0.1) is 0 Å². The Bertz CT molecular complexity index is 870. The second kappa shape index (κ2) is 8.71. The third-order valence-electron chi connectivity index (χ3n) is 4.83. The molecule has 29 heavy (non-hydrogen) atoms. The lowest BCUT2D eigenvalue weighted by molar-refractivity contribution is 0.318. The van der Waals surface area contributed by atoms with Crippen molar-refractivity contribution in [2.24, 2.45) is 4.99 Å². The van der Waals surface area contributed by atoms with Gasteiger partial charge in [-0.1, -0.05) is 25.9 Å². The van der Waals surface area contributed by atoms with E-state index in [0.29, 0.717) is 18.3 Å². The molecule has 1 aliphatic rings. The molecular weight excluding hydrogens is 370 g/mol. The van der Waals surface area contributed by atoms with E-state index in [1.165, 1.54) is 11.1 Å². The fraction of sp³-hybridized carbons (Fsp3) is 0.571. The number of nitrogens with one attached hydrogen (secondary N) is 1. The van der Waals surface area contributed by atoms with Crippen LogP contribution in [0.1, 0.15) is 50.5 Å². The first kappa shape index (κ1) is 21.0. The first-order chi connectivity index (χ1) is 13.9. The van der Waals surface area contributed by atoms with Crippen molar-refractivity contribution in [3.05, 3.63) is 35.0 Å². The second-order valence-electron chi connectivity index (χ2n) is 8.08. The van der Waals surface area contributed by atoms with Crippen molar-refractivity contribution in [1.29, 1.82) is 0 Å². The van der Waals surface area contributed by atoms with Crippen LogP contribution in [0.25, 0.3) is 0 Å². The fourth-order valence-electron chi connectivity index (χ4n) is 3.26. The number of methoxy groups -OCH3 is 2. The van der Waals surface area contributed by atoms with E-state index < -0.39 is 0 Å². The zero-order chi connectivity index (χ0) is 21.0. The molecule has 0 saturated heterocycles. The highest BCUT2D eigenvalue weighted by Gasteiger charge is 2.23. The maximum atomic E-state index is 5.46. The van der Waals surface area contributed by atoms with Crippen LogP contribution in [0.3, 0.4) is 0 Å². The monoisotopic (exact) mass is 401 g/mol. The Kier molecular flexibility index (Phi) is 6.30. The second-order valence-corrected chi connectivity index (χ2v) is 8.08. The number of aliphatic imine (C=N–C) groups is 1. The summed E-state index contributed by atoms with van der Waals surface area (Å²) in [5.74, 6) is 3.58. The van der Waals surface area contributed by atoms with Gasteiger partial charge in [0.05, 0.1) is 14.2 Å². The van der Waals surface area contributed by atoms with Crippen LogP contribution in [-0.4, -0.2) is 48.3 Å². The van der Waals surface area contributed by atoms with Gasteiger partial charge in [-0.15, -0.1) is 0 Å². The first-order valence-corrected chi connectivity index (χ1v) is 9.95. The van der Waals surface area contributed by atoms with Crippen molar-refractivity contribution in [1.82, 2.24) is 20.4 Å². The lowest BCUT2D eigenvalue weighted by Gasteiger charge is -2.32. The highest BCUT2D eigenvalue weighted by Crippen LogP contribution is 2.33. The summed E-state index contributed by atoms with van der Waals surface area (Å²) < 4.78 is 16.3. The van der Waals surface area contributed by atoms with E-state index in [1.807, 2.05) is 20.8 Å². The van der Waals surface area contributed by atoms with Crippen LogP contribution in [0.2, 0.25) is 0 Å². The zero-order valence-corrected chi connectivity index (χ0v) is 18.2. The maximum Gasteiger partial charge on any atom is 0.232 e. The Labute approximate surface area is 172 Å². The van der Waals surface area contributed by atoms with Crippen LogP contribution < -0.4 is 14.8 Å². The summed E-state index contributed by atoms with van der Waals surface area (Å²) in [5.41, 5.74) is 2.33. The maximum absolute atomic E-state index is 5.46. The quantitative estimate of drug-likeness (QED) is 0.609. The van der Waals surface area contributed by atoms with Gasteiger partial charge in [0.15, 0.2) is 23.3 Å². The predicted octanol–water partition coefficient (Wildman–Crippen LogP) is 2.91. The lowest BCUT2D eigenvalue weighted by atomic mass is 9.97. The topological polar surface area (TPSA) is 85.0 Å². The minimum Gasteiger partial charge on any atom is -0.493 e. The average molecular weight is 402 g/mol. The molecule has 0 aliphatic carbocycles. The summed E-state index contributed by atoms with van der Waals surface area (Å²) in [7, 11) is 3.32. The summed E-state index contributed by atoms with van der Waals surface area (Å²) >= 11 is 0. The molecular formula is C21H31N5O3. The largest absolute Gasteiger partial charge is 0.493 e. The lowest BCUT2D eigenvalue weighted by Crippen LogP contribution is -2.44. The highest BCUT2D eigenvalue weighted by atomic mass is 16.5. The summed E-state index contributed by atoms with van der Waals surface area (Å²) in [5, 5.41) is 7.44. The molecule has 0 radical (unpaired) electrons. The van der Waals surface area contributed by atoms with E-state index in [9.17, 15) is 0 Å². The van der Waals surface area contributed by atoms with Gasteiger partial charge in [-0.3, -0.25) is 0 Å². The van der Waals surface area contributed by atoms with Crippen LogP contribution in [0.4, 0.5) is 0 Å². The molecule has 158 valence electrons. The number of aromatic nitrogens is 2. The molecule has 8 nitrogen and oxygen atoms in total. The number of benzene rings is 1. The highest BCUT2D eigenvalue weighted by molar-refractivity contribution is 5.80. The Morgan fingerprint density at radius 1 is 1.21 bits per heavy atom. The molecule has 2 aromatic rings. The molecule has 1 N–H and O–H groups in total. The number of fused-ring (bicyclic) bond motifs is 1. The van der Waals surface area contributed by atoms with E-state index >= 15 is 0 Å². The number of hydrogen-bond donors (Lipinski definition) is 1. The van der Waals surface area contributed by atoms with Crippen molar-refractivity contribution in [2.75, 3.05) is 27.3 Å². The molecule has 0 unspecified atom stereocenters. The fourth-order valence-corrected chi connectivity index (χ4v) is 3.26. The van der Waals surface area contributed by atoms with Crippen LogP contribution in [0.5, 0.6) is 11.5 Å². The molecule has 0 saturated carbocycles. The minimum atomic E-state index is -0.170. The van der Waals surface area contributed by atoms with Crippen molar-refractivity contribution >= 4 is 5.96 Å². The Morgan fingerprint density at radius 2 is 1.90 bits per heavy atom. The van der Waals surface area contributed by atoms with Gasteiger partial charge in [-0.2, -0.15) is 4.98 Å². The number of rotatable bonds is 5. The standard InChI is InChI=1S/C21H31N5O3/c1-7-22-20(23-12-18-24-19(29-25-18)21(2,3)4)26-9-8-14-10-16(27-5)17(28-6)11-15(14)13-26/h10-11H,7-9,12-13H2,1-6H3,(H,22,23). The molecule has 0 fully saturated rings. The SMILES string of the molecule is CCNC(=NCc1noc(C(C)(C)C)n1)N1CCc2cc(OC)c(OC)cc2C1. The van der Waals surface area contributed by atoms with Gasteiger partial charge in [0, 0.05) is 25.0 Å². The molecule has 8 heteroatoms. The normalized spacial score (nSPS) is 14.6. The summed E-state index contributed by atoms with van der Waals surface area (Å²) in [6.45, 7) is 11.0. The Balaban J connectivity index is 1.78. The van der Waals surface area contributed by atoms with Gasteiger partial charge < -0.3 is 24.2 Å². The van der Waals surface area contributed by atoms with Crippen LogP contribution >= 0.6 is 0 Å².